The van der Waals surface area contributed by atoms with Crippen LogP contribution in [0.15, 0.2) is 42.6 Å². The minimum absolute atomic E-state index is 0.284. The maximum atomic E-state index is 11.5. The number of carbonyl (C=O) groups is 2. The summed E-state index contributed by atoms with van der Waals surface area (Å²) >= 11 is 0. The van der Waals surface area contributed by atoms with Crippen molar-refractivity contribution in [3.8, 4) is 0 Å². The van der Waals surface area contributed by atoms with E-state index in [4.69, 9.17) is 5.73 Å². The number of nitrogens with two attached hydrogens (primary N) is 1. The molecule has 0 saturated carbocycles. The molecule has 84 valence electrons. The highest BCUT2D eigenvalue weighted by Gasteiger charge is 2.20. The maximum Gasteiger partial charge on any atom is 0.361 e. The molecular weight excluding hydrogens is 206 g/mol. The Kier molecular flexibility index (Phi) is 3.83. The molecule has 1 rings (SSSR count). The van der Waals surface area contributed by atoms with Gasteiger partial charge in [0.05, 0.1) is 5.92 Å². The van der Waals surface area contributed by atoms with E-state index in [0.717, 1.165) is 5.56 Å². The zero-order chi connectivity index (χ0) is 12.1. The highest BCUT2D eigenvalue weighted by molar-refractivity contribution is 5.96. The second kappa shape index (κ2) is 5.11. The van der Waals surface area contributed by atoms with Crippen LogP contribution >= 0.6 is 0 Å². The van der Waals surface area contributed by atoms with Crippen molar-refractivity contribution < 1.29 is 14.3 Å². The van der Waals surface area contributed by atoms with Crippen LogP contribution < -0.4 is 5.73 Å². The van der Waals surface area contributed by atoms with Crippen LogP contribution in [-0.2, 0) is 14.3 Å². The van der Waals surface area contributed by atoms with Crippen molar-refractivity contribution in [3.05, 3.63) is 48.2 Å². The molecule has 0 spiro atoms. The summed E-state index contributed by atoms with van der Waals surface area (Å²) < 4.78 is 4.53. The fourth-order valence-electron chi connectivity index (χ4n) is 1.12. The first-order valence-corrected chi connectivity index (χ1v) is 4.77. The number of esters is 2. The molecule has 0 aromatic heterocycles. The van der Waals surface area contributed by atoms with Crippen LogP contribution in [-0.4, -0.2) is 11.9 Å². The molecule has 0 bridgehead atoms. The van der Waals surface area contributed by atoms with E-state index in [1.165, 1.54) is 0 Å². The summed E-state index contributed by atoms with van der Waals surface area (Å²) in [6, 6.07) is 9.03. The number of benzene rings is 1. The summed E-state index contributed by atoms with van der Waals surface area (Å²) in [4.78, 5) is 22.5. The molecule has 0 saturated heterocycles. The Labute approximate surface area is 93.7 Å². The molecule has 2 N–H and O–H groups in total. The molecule has 0 aliphatic rings. The van der Waals surface area contributed by atoms with E-state index in [9.17, 15) is 9.59 Å². The van der Waals surface area contributed by atoms with Crippen molar-refractivity contribution in [1.29, 1.82) is 0 Å². The minimum Gasteiger partial charge on any atom is -0.393 e. The molecule has 0 radical (unpaired) electrons. The van der Waals surface area contributed by atoms with Crippen LogP contribution in [0, 0.1) is 0 Å². The normalized spacial score (nSPS) is 11.6. The van der Waals surface area contributed by atoms with Gasteiger partial charge in [-0.3, -0.25) is 4.79 Å². The first kappa shape index (κ1) is 12.0. The second-order valence-electron chi connectivity index (χ2n) is 3.37. The summed E-state index contributed by atoms with van der Waals surface area (Å²) in [5.41, 5.74) is 5.60. The number of hydrogen-bond donors (Lipinski definition) is 1. The summed E-state index contributed by atoms with van der Waals surface area (Å²) in [7, 11) is 0. The first-order valence-electron chi connectivity index (χ1n) is 4.77. The third kappa shape index (κ3) is 2.95. The molecular formula is C12H13NO3. The Hall–Kier alpha value is -2.10. The zero-order valence-electron chi connectivity index (χ0n) is 8.97. The summed E-state index contributed by atoms with van der Waals surface area (Å²) in [5, 5.41) is 0. The van der Waals surface area contributed by atoms with Gasteiger partial charge in [0.1, 0.15) is 5.70 Å². The van der Waals surface area contributed by atoms with Gasteiger partial charge < -0.3 is 10.5 Å². The predicted octanol–water partition coefficient (Wildman–Crippen LogP) is 1.33. The van der Waals surface area contributed by atoms with Gasteiger partial charge in [0.15, 0.2) is 0 Å². The molecule has 0 fully saturated rings. The van der Waals surface area contributed by atoms with E-state index in [2.05, 4.69) is 11.3 Å². The monoisotopic (exact) mass is 219 g/mol. The van der Waals surface area contributed by atoms with E-state index in [-0.39, 0.29) is 5.70 Å². The Bertz CT molecular complexity index is 412. The van der Waals surface area contributed by atoms with Gasteiger partial charge in [-0.25, -0.2) is 4.79 Å². The smallest absolute Gasteiger partial charge is 0.361 e. The van der Waals surface area contributed by atoms with E-state index < -0.39 is 17.9 Å². The van der Waals surface area contributed by atoms with E-state index >= 15 is 0 Å². The average molecular weight is 219 g/mol. The Morgan fingerprint density at radius 1 is 1.31 bits per heavy atom. The lowest BCUT2D eigenvalue weighted by atomic mass is 10.0. The zero-order valence-corrected chi connectivity index (χ0v) is 8.97. The van der Waals surface area contributed by atoms with Gasteiger partial charge in [-0.15, -0.1) is 0 Å². The van der Waals surface area contributed by atoms with Crippen molar-refractivity contribution in [2.24, 2.45) is 5.73 Å². The van der Waals surface area contributed by atoms with Crippen molar-refractivity contribution in [3.63, 3.8) is 0 Å². The molecule has 0 aliphatic heterocycles. The largest absolute Gasteiger partial charge is 0.393 e. The fraction of sp³-hybridized carbons (Fsp3) is 0.167. The standard InChI is InChI=1S/C12H13NO3/c1-8(10-6-4-3-5-7-10)11(14)16-12(15)9(2)13/h3-8H,2,13H2,1H3. The number of ether oxygens (including phenoxy) is 1. The molecule has 4 heteroatoms. The van der Waals surface area contributed by atoms with Gasteiger partial charge >= 0.3 is 11.9 Å². The van der Waals surface area contributed by atoms with E-state index in [1.807, 2.05) is 18.2 Å². The lowest BCUT2D eigenvalue weighted by Gasteiger charge is -2.09. The van der Waals surface area contributed by atoms with Gasteiger partial charge in [0.2, 0.25) is 0 Å². The van der Waals surface area contributed by atoms with Crippen LogP contribution in [0.1, 0.15) is 18.4 Å². The van der Waals surface area contributed by atoms with Crippen molar-refractivity contribution in [2.45, 2.75) is 12.8 Å². The number of rotatable bonds is 3. The highest BCUT2D eigenvalue weighted by Crippen LogP contribution is 2.16. The molecule has 1 aromatic rings. The van der Waals surface area contributed by atoms with Crippen LogP contribution in [0.5, 0.6) is 0 Å². The predicted molar refractivity (Wildman–Crippen MR) is 59.3 cm³/mol. The molecule has 0 amide bonds. The summed E-state index contributed by atoms with van der Waals surface area (Å²) in [6.45, 7) is 4.85. The molecule has 16 heavy (non-hydrogen) atoms. The van der Waals surface area contributed by atoms with Gasteiger partial charge in [-0.2, -0.15) is 0 Å². The van der Waals surface area contributed by atoms with Gasteiger partial charge in [0, 0.05) is 0 Å². The third-order valence-corrected chi connectivity index (χ3v) is 2.11. The Morgan fingerprint density at radius 2 is 1.88 bits per heavy atom. The lowest BCUT2D eigenvalue weighted by molar-refractivity contribution is -0.157. The summed E-state index contributed by atoms with van der Waals surface area (Å²) in [5.74, 6) is -2.04. The molecule has 1 atom stereocenters. The van der Waals surface area contributed by atoms with Crippen molar-refractivity contribution in [2.75, 3.05) is 0 Å². The fourth-order valence-corrected chi connectivity index (χ4v) is 1.12. The topological polar surface area (TPSA) is 69.4 Å². The van der Waals surface area contributed by atoms with Crippen molar-refractivity contribution >= 4 is 11.9 Å². The molecule has 0 heterocycles. The highest BCUT2D eigenvalue weighted by atomic mass is 16.6. The van der Waals surface area contributed by atoms with Gasteiger partial charge in [-0.1, -0.05) is 36.9 Å². The minimum atomic E-state index is -0.896. The SMILES string of the molecule is C=C(N)C(=O)OC(=O)C(C)c1ccccc1. The van der Waals surface area contributed by atoms with Crippen LogP contribution in [0.3, 0.4) is 0 Å². The maximum absolute atomic E-state index is 11.5. The second-order valence-corrected chi connectivity index (χ2v) is 3.37. The molecule has 1 aromatic carbocycles. The van der Waals surface area contributed by atoms with Crippen LogP contribution in [0.4, 0.5) is 0 Å². The number of carbonyl (C=O) groups excluding carboxylic acids is 2. The van der Waals surface area contributed by atoms with Crippen LogP contribution in [0.2, 0.25) is 0 Å². The average Bonchev–Trinajstić information content (AvgIpc) is 2.28. The summed E-state index contributed by atoms with van der Waals surface area (Å²) in [6.07, 6.45) is 0. The Morgan fingerprint density at radius 3 is 2.38 bits per heavy atom. The Balaban J connectivity index is 2.69. The van der Waals surface area contributed by atoms with Gasteiger partial charge in [-0.05, 0) is 12.5 Å². The third-order valence-electron chi connectivity index (χ3n) is 2.11. The number of hydrogen-bond acceptors (Lipinski definition) is 4. The van der Waals surface area contributed by atoms with E-state index in [0.29, 0.717) is 0 Å². The molecule has 1 unspecified atom stereocenters. The van der Waals surface area contributed by atoms with Crippen LogP contribution in [0.25, 0.3) is 0 Å². The van der Waals surface area contributed by atoms with E-state index in [1.54, 1.807) is 19.1 Å². The quantitative estimate of drug-likeness (QED) is 0.473. The van der Waals surface area contributed by atoms with Crippen molar-refractivity contribution in [1.82, 2.24) is 0 Å². The first-order chi connectivity index (χ1) is 7.52. The molecule has 4 nitrogen and oxygen atoms in total. The molecule has 0 aliphatic carbocycles. The lowest BCUT2D eigenvalue weighted by Crippen LogP contribution is -2.21. The van der Waals surface area contributed by atoms with Gasteiger partial charge in [0.25, 0.3) is 0 Å².